The standard InChI is InChI=1S/C6H7IN2/c7-6-1-2-9-4-5(6)3-8/h1-2,4H,3,8H2. The fourth-order valence-electron chi connectivity index (χ4n) is 0.560. The summed E-state index contributed by atoms with van der Waals surface area (Å²) >= 11 is 2.24. The van der Waals surface area contributed by atoms with Gasteiger partial charge in [-0.2, -0.15) is 0 Å². The normalized spacial score (nSPS) is 9.56. The Labute approximate surface area is 67.6 Å². The van der Waals surface area contributed by atoms with Gasteiger partial charge in [0, 0.05) is 22.5 Å². The summed E-state index contributed by atoms with van der Waals surface area (Å²) in [5.74, 6) is 0. The van der Waals surface area contributed by atoms with Gasteiger partial charge in [0.25, 0.3) is 0 Å². The van der Waals surface area contributed by atoms with Gasteiger partial charge in [-0.1, -0.05) is 0 Å². The second kappa shape index (κ2) is 3.12. The summed E-state index contributed by atoms with van der Waals surface area (Å²) in [5.41, 5.74) is 6.52. The second-order valence-electron chi connectivity index (χ2n) is 1.67. The van der Waals surface area contributed by atoms with Crippen LogP contribution in [0.2, 0.25) is 0 Å². The van der Waals surface area contributed by atoms with Gasteiger partial charge < -0.3 is 5.73 Å². The van der Waals surface area contributed by atoms with E-state index in [9.17, 15) is 0 Å². The van der Waals surface area contributed by atoms with Crippen LogP contribution >= 0.6 is 22.6 Å². The molecule has 0 bridgehead atoms. The number of nitrogens with zero attached hydrogens (tertiary/aromatic N) is 1. The van der Waals surface area contributed by atoms with Crippen molar-refractivity contribution in [2.24, 2.45) is 5.73 Å². The highest BCUT2D eigenvalue weighted by Gasteiger charge is 1.92. The summed E-state index contributed by atoms with van der Waals surface area (Å²) in [6, 6.07) is 1.95. The number of hydrogen-bond acceptors (Lipinski definition) is 2. The smallest absolute Gasteiger partial charge is 0.0323 e. The van der Waals surface area contributed by atoms with E-state index in [0.717, 1.165) is 5.56 Å². The molecule has 0 unspecified atom stereocenters. The molecule has 0 spiro atoms. The summed E-state index contributed by atoms with van der Waals surface area (Å²) in [6.45, 7) is 0.576. The molecule has 3 heteroatoms. The Morgan fingerprint density at radius 1 is 1.67 bits per heavy atom. The predicted octanol–water partition coefficient (Wildman–Crippen LogP) is 1.14. The summed E-state index contributed by atoms with van der Waals surface area (Å²) in [7, 11) is 0. The van der Waals surface area contributed by atoms with Gasteiger partial charge in [0.15, 0.2) is 0 Å². The van der Waals surface area contributed by atoms with Crippen LogP contribution in [0, 0.1) is 3.57 Å². The minimum atomic E-state index is 0.576. The molecule has 0 amide bonds. The molecule has 0 saturated heterocycles. The van der Waals surface area contributed by atoms with E-state index in [1.807, 2.05) is 6.07 Å². The lowest BCUT2D eigenvalue weighted by molar-refractivity contribution is 1.04. The monoisotopic (exact) mass is 234 g/mol. The maximum Gasteiger partial charge on any atom is 0.0323 e. The fraction of sp³-hybridized carbons (Fsp3) is 0.167. The molecule has 0 aromatic carbocycles. The van der Waals surface area contributed by atoms with Crippen LogP contribution in [0.5, 0.6) is 0 Å². The first-order chi connectivity index (χ1) is 4.34. The van der Waals surface area contributed by atoms with Crippen molar-refractivity contribution in [2.45, 2.75) is 6.54 Å². The second-order valence-corrected chi connectivity index (χ2v) is 2.83. The molecule has 1 rings (SSSR count). The van der Waals surface area contributed by atoms with E-state index < -0.39 is 0 Å². The Morgan fingerprint density at radius 2 is 2.44 bits per heavy atom. The maximum absolute atomic E-state index is 5.41. The maximum atomic E-state index is 5.41. The molecule has 1 aromatic rings. The minimum Gasteiger partial charge on any atom is -0.326 e. The van der Waals surface area contributed by atoms with E-state index >= 15 is 0 Å². The van der Waals surface area contributed by atoms with Crippen molar-refractivity contribution in [1.29, 1.82) is 0 Å². The van der Waals surface area contributed by atoms with Crippen LogP contribution < -0.4 is 5.73 Å². The zero-order chi connectivity index (χ0) is 6.69. The minimum absolute atomic E-state index is 0.576. The van der Waals surface area contributed by atoms with Crippen LogP contribution in [-0.4, -0.2) is 4.98 Å². The van der Waals surface area contributed by atoms with Crippen LogP contribution in [-0.2, 0) is 6.54 Å². The highest BCUT2D eigenvalue weighted by Crippen LogP contribution is 2.07. The number of rotatable bonds is 1. The van der Waals surface area contributed by atoms with E-state index in [2.05, 4.69) is 27.6 Å². The van der Waals surface area contributed by atoms with Gasteiger partial charge in [0.05, 0.1) is 0 Å². The molecule has 0 aliphatic heterocycles. The molecule has 0 radical (unpaired) electrons. The first kappa shape index (κ1) is 6.95. The number of aromatic nitrogens is 1. The molecule has 0 atom stereocenters. The predicted molar refractivity (Wildman–Crippen MR) is 44.8 cm³/mol. The molecular weight excluding hydrogens is 227 g/mol. The molecule has 2 nitrogen and oxygen atoms in total. The summed E-state index contributed by atoms with van der Waals surface area (Å²) < 4.78 is 1.19. The molecule has 1 aromatic heterocycles. The van der Waals surface area contributed by atoms with Crippen LogP contribution in [0.4, 0.5) is 0 Å². The van der Waals surface area contributed by atoms with Crippen molar-refractivity contribution in [3.8, 4) is 0 Å². The van der Waals surface area contributed by atoms with Crippen LogP contribution in [0.3, 0.4) is 0 Å². The lowest BCUT2D eigenvalue weighted by Gasteiger charge is -1.96. The highest BCUT2D eigenvalue weighted by molar-refractivity contribution is 14.1. The van der Waals surface area contributed by atoms with E-state index in [4.69, 9.17) is 5.73 Å². The lowest BCUT2D eigenvalue weighted by Crippen LogP contribution is -1.98. The molecule has 48 valence electrons. The fourth-order valence-corrected chi connectivity index (χ4v) is 1.08. The van der Waals surface area contributed by atoms with E-state index in [0.29, 0.717) is 6.54 Å². The molecular formula is C6H7IN2. The van der Waals surface area contributed by atoms with Crippen molar-refractivity contribution in [3.63, 3.8) is 0 Å². The SMILES string of the molecule is NCc1cnccc1I. The van der Waals surface area contributed by atoms with Crippen molar-refractivity contribution >= 4 is 22.6 Å². The number of pyridine rings is 1. The molecule has 0 saturated carbocycles. The van der Waals surface area contributed by atoms with Gasteiger partial charge in [0.2, 0.25) is 0 Å². The Hall–Kier alpha value is -0.160. The molecule has 9 heavy (non-hydrogen) atoms. The lowest BCUT2D eigenvalue weighted by atomic mass is 10.3. The van der Waals surface area contributed by atoms with Crippen molar-refractivity contribution in [1.82, 2.24) is 4.98 Å². The van der Waals surface area contributed by atoms with Gasteiger partial charge in [-0.3, -0.25) is 4.98 Å². The summed E-state index contributed by atoms with van der Waals surface area (Å²) in [4.78, 5) is 3.93. The van der Waals surface area contributed by atoms with Crippen LogP contribution in [0.25, 0.3) is 0 Å². The number of halogens is 1. The van der Waals surface area contributed by atoms with Crippen molar-refractivity contribution in [3.05, 3.63) is 27.6 Å². The molecule has 0 fully saturated rings. The molecule has 1 heterocycles. The molecule has 0 aliphatic carbocycles. The molecule has 0 aliphatic rings. The molecule has 2 N–H and O–H groups in total. The van der Waals surface area contributed by atoms with Crippen LogP contribution in [0.1, 0.15) is 5.56 Å². The quantitative estimate of drug-likeness (QED) is 0.740. The van der Waals surface area contributed by atoms with Crippen LogP contribution in [0.15, 0.2) is 18.5 Å². The highest BCUT2D eigenvalue weighted by atomic mass is 127. The topological polar surface area (TPSA) is 38.9 Å². The number of hydrogen-bond donors (Lipinski definition) is 1. The van der Waals surface area contributed by atoms with Gasteiger partial charge in [-0.25, -0.2) is 0 Å². The first-order valence-corrected chi connectivity index (χ1v) is 3.71. The Morgan fingerprint density at radius 3 is 2.89 bits per heavy atom. The van der Waals surface area contributed by atoms with Gasteiger partial charge in [-0.15, -0.1) is 0 Å². The Kier molecular flexibility index (Phi) is 2.41. The zero-order valence-corrected chi connectivity index (χ0v) is 7.00. The average Bonchev–Trinajstić information content (AvgIpc) is 1.89. The Bertz CT molecular complexity index is 200. The first-order valence-electron chi connectivity index (χ1n) is 2.63. The Balaban J connectivity index is 3.01. The largest absolute Gasteiger partial charge is 0.326 e. The van der Waals surface area contributed by atoms with Crippen molar-refractivity contribution < 1.29 is 0 Å². The van der Waals surface area contributed by atoms with E-state index in [1.165, 1.54) is 3.57 Å². The van der Waals surface area contributed by atoms with Crippen molar-refractivity contribution in [2.75, 3.05) is 0 Å². The third kappa shape index (κ3) is 1.62. The van der Waals surface area contributed by atoms with Gasteiger partial charge in [-0.05, 0) is 34.2 Å². The average molecular weight is 234 g/mol. The van der Waals surface area contributed by atoms with Gasteiger partial charge >= 0.3 is 0 Å². The summed E-state index contributed by atoms with van der Waals surface area (Å²) in [6.07, 6.45) is 3.56. The third-order valence-electron chi connectivity index (χ3n) is 1.06. The third-order valence-corrected chi connectivity index (χ3v) is 2.12. The van der Waals surface area contributed by atoms with E-state index in [-0.39, 0.29) is 0 Å². The number of nitrogens with two attached hydrogens (primary N) is 1. The van der Waals surface area contributed by atoms with Gasteiger partial charge in [0.1, 0.15) is 0 Å². The zero-order valence-electron chi connectivity index (χ0n) is 4.84. The summed E-state index contributed by atoms with van der Waals surface area (Å²) in [5, 5.41) is 0. The van der Waals surface area contributed by atoms with E-state index in [1.54, 1.807) is 12.4 Å².